The highest BCUT2D eigenvalue weighted by Gasteiger charge is 2.34. The van der Waals surface area contributed by atoms with Crippen molar-refractivity contribution in [2.45, 2.75) is 10.6 Å². The van der Waals surface area contributed by atoms with E-state index >= 15 is 0 Å². The summed E-state index contributed by atoms with van der Waals surface area (Å²) in [6, 6.07) is 0. The van der Waals surface area contributed by atoms with E-state index in [1.807, 2.05) is 0 Å². The Hall–Kier alpha value is 0.200. The van der Waals surface area contributed by atoms with Crippen molar-refractivity contribution in [1.29, 1.82) is 0 Å². The van der Waals surface area contributed by atoms with Crippen molar-refractivity contribution in [3.05, 3.63) is 0 Å². The van der Waals surface area contributed by atoms with Crippen LogP contribution in [0.5, 0.6) is 0 Å². The first-order valence-electron chi connectivity index (χ1n) is 2.92. The van der Waals surface area contributed by atoms with Gasteiger partial charge in [-0.25, -0.2) is 8.42 Å². The lowest BCUT2D eigenvalue weighted by Gasteiger charge is -2.07. The van der Waals surface area contributed by atoms with Crippen LogP contribution in [0.4, 0.5) is 0 Å². The first kappa shape index (κ1) is 8.30. The molecule has 0 aromatic heterocycles. The fourth-order valence-corrected chi connectivity index (χ4v) is 2.58. The maximum atomic E-state index is 10.9. The minimum atomic E-state index is -3.01. The number of halogens is 1. The van der Waals surface area contributed by atoms with Gasteiger partial charge in [0.25, 0.3) is 0 Å². The van der Waals surface area contributed by atoms with E-state index in [2.05, 4.69) is 0 Å². The standard InChI is InChI=1S/C5H9ClO3S/c1-10(7,8)5-3-9-2-4(5)6/h4-5H,2-3H2,1H3. The summed E-state index contributed by atoms with van der Waals surface area (Å²) in [6.07, 6.45) is 1.18. The van der Waals surface area contributed by atoms with Gasteiger partial charge in [-0.3, -0.25) is 0 Å². The van der Waals surface area contributed by atoms with Crippen molar-refractivity contribution in [3.8, 4) is 0 Å². The third-order valence-corrected chi connectivity index (χ3v) is 3.66. The maximum Gasteiger partial charge on any atom is 0.154 e. The minimum Gasteiger partial charge on any atom is -0.378 e. The highest BCUT2D eigenvalue weighted by Crippen LogP contribution is 2.18. The van der Waals surface area contributed by atoms with Gasteiger partial charge in [0.05, 0.1) is 18.6 Å². The predicted molar refractivity (Wildman–Crippen MR) is 39.1 cm³/mol. The van der Waals surface area contributed by atoms with E-state index in [9.17, 15) is 8.42 Å². The fraction of sp³-hybridized carbons (Fsp3) is 1.00. The largest absolute Gasteiger partial charge is 0.378 e. The third kappa shape index (κ3) is 1.62. The highest BCUT2D eigenvalue weighted by molar-refractivity contribution is 7.91. The Morgan fingerprint density at radius 2 is 2.10 bits per heavy atom. The van der Waals surface area contributed by atoms with Gasteiger partial charge in [0.15, 0.2) is 9.84 Å². The second-order valence-corrected chi connectivity index (χ2v) is 5.25. The molecular formula is C5H9ClO3S. The summed E-state index contributed by atoms with van der Waals surface area (Å²) >= 11 is 5.66. The Bertz CT molecular complexity index is 211. The summed E-state index contributed by atoms with van der Waals surface area (Å²) in [5.41, 5.74) is 0. The number of rotatable bonds is 1. The SMILES string of the molecule is CS(=O)(=O)C1COCC1Cl. The number of ether oxygens (including phenoxy) is 1. The molecule has 0 radical (unpaired) electrons. The molecule has 1 saturated heterocycles. The first-order valence-corrected chi connectivity index (χ1v) is 5.31. The van der Waals surface area contributed by atoms with Crippen LogP contribution in [0.15, 0.2) is 0 Å². The zero-order valence-electron chi connectivity index (χ0n) is 5.58. The second kappa shape index (κ2) is 2.68. The Balaban J connectivity index is 2.74. The van der Waals surface area contributed by atoms with Crippen LogP contribution in [-0.2, 0) is 14.6 Å². The molecule has 5 heteroatoms. The van der Waals surface area contributed by atoms with E-state index in [4.69, 9.17) is 16.3 Å². The molecular weight excluding hydrogens is 176 g/mol. The summed E-state index contributed by atoms with van der Waals surface area (Å²) in [4.78, 5) is 0. The lowest BCUT2D eigenvalue weighted by Crippen LogP contribution is -2.28. The summed E-state index contributed by atoms with van der Waals surface area (Å²) in [6.45, 7) is 0.590. The minimum absolute atomic E-state index is 0.243. The summed E-state index contributed by atoms with van der Waals surface area (Å²) in [5, 5.41) is -0.871. The van der Waals surface area contributed by atoms with Crippen molar-refractivity contribution in [1.82, 2.24) is 0 Å². The molecule has 1 aliphatic rings. The van der Waals surface area contributed by atoms with E-state index in [1.54, 1.807) is 0 Å². The predicted octanol–water partition coefficient (Wildman–Crippen LogP) is 0.0372. The topological polar surface area (TPSA) is 43.4 Å². The van der Waals surface area contributed by atoms with Gasteiger partial charge < -0.3 is 4.74 Å². The van der Waals surface area contributed by atoms with E-state index in [-0.39, 0.29) is 12.0 Å². The van der Waals surface area contributed by atoms with Gasteiger partial charge in [0, 0.05) is 6.26 Å². The normalized spacial score (nSPS) is 34.6. The molecule has 2 atom stereocenters. The second-order valence-electron chi connectivity index (χ2n) is 2.42. The zero-order chi connectivity index (χ0) is 7.78. The van der Waals surface area contributed by atoms with Crippen LogP contribution in [0.2, 0.25) is 0 Å². The van der Waals surface area contributed by atoms with Crippen LogP contribution in [0.25, 0.3) is 0 Å². The molecule has 1 heterocycles. The van der Waals surface area contributed by atoms with Crippen molar-refractivity contribution in [2.75, 3.05) is 19.5 Å². The molecule has 1 aliphatic heterocycles. The van der Waals surface area contributed by atoms with E-state index in [0.29, 0.717) is 6.61 Å². The smallest absolute Gasteiger partial charge is 0.154 e. The summed E-state index contributed by atoms with van der Waals surface area (Å²) in [5.74, 6) is 0. The fourth-order valence-electron chi connectivity index (χ4n) is 0.900. The van der Waals surface area contributed by atoms with Crippen LogP contribution in [0.1, 0.15) is 0 Å². The van der Waals surface area contributed by atoms with Gasteiger partial charge in [0.1, 0.15) is 5.25 Å². The van der Waals surface area contributed by atoms with Crippen molar-refractivity contribution in [2.24, 2.45) is 0 Å². The van der Waals surface area contributed by atoms with Crippen LogP contribution in [0, 0.1) is 0 Å². The zero-order valence-corrected chi connectivity index (χ0v) is 7.15. The van der Waals surface area contributed by atoms with E-state index in [0.717, 1.165) is 0 Å². The number of hydrogen-bond acceptors (Lipinski definition) is 3. The molecule has 1 rings (SSSR count). The quantitative estimate of drug-likeness (QED) is 0.541. The molecule has 1 fully saturated rings. The average Bonchev–Trinajstić information content (AvgIpc) is 2.11. The van der Waals surface area contributed by atoms with E-state index in [1.165, 1.54) is 6.26 Å². The molecule has 0 bridgehead atoms. The van der Waals surface area contributed by atoms with Gasteiger partial charge in [-0.15, -0.1) is 11.6 Å². The number of hydrogen-bond donors (Lipinski definition) is 0. The molecule has 0 aromatic rings. The lowest BCUT2D eigenvalue weighted by atomic mass is 10.4. The van der Waals surface area contributed by atoms with Gasteiger partial charge in [-0.05, 0) is 0 Å². The van der Waals surface area contributed by atoms with Crippen molar-refractivity contribution < 1.29 is 13.2 Å². The van der Waals surface area contributed by atoms with Crippen molar-refractivity contribution in [3.63, 3.8) is 0 Å². The van der Waals surface area contributed by atoms with Gasteiger partial charge in [-0.1, -0.05) is 0 Å². The Morgan fingerprint density at radius 1 is 1.50 bits per heavy atom. The van der Waals surface area contributed by atoms with Crippen LogP contribution in [-0.4, -0.2) is 38.5 Å². The molecule has 3 nitrogen and oxygen atoms in total. The molecule has 2 unspecified atom stereocenters. The van der Waals surface area contributed by atoms with Crippen LogP contribution >= 0.6 is 11.6 Å². The Morgan fingerprint density at radius 3 is 2.30 bits per heavy atom. The Kier molecular flexibility index (Phi) is 2.22. The molecule has 0 amide bonds. The monoisotopic (exact) mass is 184 g/mol. The summed E-state index contributed by atoms with van der Waals surface area (Å²) < 4.78 is 26.6. The van der Waals surface area contributed by atoms with Crippen LogP contribution < -0.4 is 0 Å². The molecule has 60 valence electrons. The van der Waals surface area contributed by atoms with Crippen molar-refractivity contribution >= 4 is 21.4 Å². The van der Waals surface area contributed by atoms with Gasteiger partial charge in [-0.2, -0.15) is 0 Å². The molecule has 10 heavy (non-hydrogen) atoms. The van der Waals surface area contributed by atoms with Crippen LogP contribution in [0.3, 0.4) is 0 Å². The number of alkyl halides is 1. The van der Waals surface area contributed by atoms with E-state index < -0.39 is 15.1 Å². The Labute approximate surface area is 65.2 Å². The number of sulfone groups is 1. The third-order valence-electron chi connectivity index (χ3n) is 1.51. The average molecular weight is 185 g/mol. The first-order chi connectivity index (χ1) is 4.52. The summed E-state index contributed by atoms with van der Waals surface area (Å²) in [7, 11) is -3.01. The van der Waals surface area contributed by atoms with Gasteiger partial charge in [0.2, 0.25) is 0 Å². The maximum absolute atomic E-state index is 10.9. The highest BCUT2D eigenvalue weighted by atomic mass is 35.5. The molecule has 0 spiro atoms. The molecule has 0 N–H and O–H groups in total. The lowest BCUT2D eigenvalue weighted by molar-refractivity contribution is 0.199. The molecule has 0 aliphatic carbocycles. The molecule has 0 aromatic carbocycles. The molecule has 0 saturated carbocycles. The van der Waals surface area contributed by atoms with Gasteiger partial charge >= 0.3 is 0 Å².